The third kappa shape index (κ3) is 13.1. The van der Waals surface area contributed by atoms with Crippen molar-refractivity contribution in [3.05, 3.63) is 24.3 Å². The summed E-state index contributed by atoms with van der Waals surface area (Å²) < 4.78 is 48.0. The average Bonchev–Trinajstić information content (AvgIpc) is 3.06. The van der Waals surface area contributed by atoms with Gasteiger partial charge in [0.15, 0.2) is 18.7 Å². The molecule has 0 bridgehead atoms. The quantitative estimate of drug-likeness (QED) is 0.165. The molecule has 3 rings (SSSR count). The van der Waals surface area contributed by atoms with E-state index in [2.05, 4.69) is 0 Å². The van der Waals surface area contributed by atoms with Crippen molar-refractivity contribution in [2.45, 2.75) is 166 Å². The molecule has 0 aromatic carbocycles. The second-order valence-electron chi connectivity index (χ2n) is 15.5. The number of esters is 3. The molecule has 0 aliphatic carbocycles. The molecule has 0 aromatic heterocycles. The maximum absolute atomic E-state index is 13.2. The van der Waals surface area contributed by atoms with Crippen molar-refractivity contribution < 1.29 is 72.4 Å². The van der Waals surface area contributed by atoms with E-state index in [-0.39, 0.29) is 19.3 Å². The van der Waals surface area contributed by atoms with Gasteiger partial charge < -0.3 is 62.9 Å². The second-order valence-corrected chi connectivity index (χ2v) is 15.5. The first kappa shape index (κ1) is 46.6. The number of aliphatic hydroxyl groups excluding tert-OH is 2. The highest BCUT2D eigenvalue weighted by Crippen LogP contribution is 2.37. The van der Waals surface area contributed by atoms with Crippen LogP contribution in [0.4, 0.5) is 0 Å². The molecule has 3 N–H and O–H groups in total. The number of aliphatic hydroxyl groups is 3. The number of methoxy groups -OCH3 is 1. The minimum absolute atomic E-state index is 0.0477. The summed E-state index contributed by atoms with van der Waals surface area (Å²) in [6, 6.07) is -0.778. The Morgan fingerprint density at radius 3 is 2.24 bits per heavy atom. The number of nitrogens with zero attached hydrogens (tertiary/aromatic N) is 1. The van der Waals surface area contributed by atoms with Crippen molar-refractivity contribution in [3.8, 4) is 0 Å². The highest BCUT2D eigenvalue weighted by Gasteiger charge is 2.52. The van der Waals surface area contributed by atoms with Gasteiger partial charge in [-0.3, -0.25) is 14.4 Å². The van der Waals surface area contributed by atoms with E-state index in [4.69, 9.17) is 37.9 Å². The summed E-state index contributed by atoms with van der Waals surface area (Å²) in [5.41, 5.74) is -1.49. The van der Waals surface area contributed by atoms with Gasteiger partial charge in [-0.1, -0.05) is 31.2 Å². The van der Waals surface area contributed by atoms with Crippen LogP contribution in [0, 0.1) is 11.8 Å². The Bertz CT molecular complexity index is 1320. The molecule has 0 aromatic rings. The Labute approximate surface area is 324 Å². The van der Waals surface area contributed by atoms with E-state index in [9.17, 15) is 34.5 Å². The zero-order valence-corrected chi connectivity index (χ0v) is 33.8. The lowest BCUT2D eigenvalue weighted by atomic mass is 9.82. The molecule has 3 aliphatic heterocycles. The summed E-state index contributed by atoms with van der Waals surface area (Å²) in [7, 11) is 4.84. The van der Waals surface area contributed by atoms with Crippen molar-refractivity contribution in [1.29, 1.82) is 0 Å². The Balaban J connectivity index is 2.01. The van der Waals surface area contributed by atoms with Crippen LogP contribution in [0.1, 0.15) is 80.6 Å². The number of carbonyl (C=O) groups excluding carboxylic acids is 4. The van der Waals surface area contributed by atoms with E-state index in [0.29, 0.717) is 12.7 Å². The predicted molar refractivity (Wildman–Crippen MR) is 196 cm³/mol. The molecular weight excluding hydrogens is 722 g/mol. The van der Waals surface area contributed by atoms with Gasteiger partial charge in [-0.25, -0.2) is 0 Å². The molecule has 0 spiro atoms. The smallest absolute Gasteiger partial charge is 0.309 e. The molecule has 0 saturated carbocycles. The van der Waals surface area contributed by atoms with Gasteiger partial charge in [0.25, 0.3) is 0 Å². The highest BCUT2D eigenvalue weighted by molar-refractivity contribution is 5.72. The fourth-order valence-corrected chi connectivity index (χ4v) is 7.73. The van der Waals surface area contributed by atoms with Crippen LogP contribution in [-0.2, 0) is 57.1 Å². The maximum Gasteiger partial charge on any atom is 0.309 e. The van der Waals surface area contributed by atoms with Gasteiger partial charge in [0.05, 0.1) is 36.9 Å². The van der Waals surface area contributed by atoms with Crippen LogP contribution in [0.2, 0.25) is 0 Å². The summed E-state index contributed by atoms with van der Waals surface area (Å²) >= 11 is 0. The maximum atomic E-state index is 13.2. The van der Waals surface area contributed by atoms with Crippen LogP contribution < -0.4 is 0 Å². The third-order valence-corrected chi connectivity index (χ3v) is 10.4. The lowest BCUT2D eigenvalue weighted by Gasteiger charge is -2.50. The Morgan fingerprint density at radius 1 is 0.982 bits per heavy atom. The van der Waals surface area contributed by atoms with E-state index in [1.807, 2.05) is 6.92 Å². The summed E-state index contributed by atoms with van der Waals surface area (Å²) in [6.45, 7) is 10.9. The molecule has 55 heavy (non-hydrogen) atoms. The summed E-state index contributed by atoms with van der Waals surface area (Å²) in [5.74, 6) is -3.01. The van der Waals surface area contributed by atoms with Crippen molar-refractivity contribution in [2.75, 3.05) is 21.2 Å². The first-order valence-corrected chi connectivity index (χ1v) is 19.0. The molecule has 2 fully saturated rings. The number of hydrogen-bond donors (Lipinski definition) is 3. The molecule has 16 atom stereocenters. The lowest BCUT2D eigenvalue weighted by Crippen LogP contribution is -2.66. The van der Waals surface area contributed by atoms with Gasteiger partial charge >= 0.3 is 17.9 Å². The Morgan fingerprint density at radius 2 is 1.65 bits per heavy atom. The molecule has 9 unspecified atom stereocenters. The Kier molecular flexibility index (Phi) is 17.9. The SMILES string of the molecule is CO[C@@H]1[C@@H](OC2OC(C)C(OC3CC(C)(O)C(OC(C)=O)C(C)O3)C(N(C)C)C2O)[C@@H](CC=O)C[C@@H](C)[C@@H](O)/C=C/C=C/C[C@@H](C)OC(=O)C[C@H]1OC(C)=O. The van der Waals surface area contributed by atoms with Crippen molar-refractivity contribution in [2.24, 2.45) is 11.8 Å². The fraction of sp³-hybridized carbons (Fsp3) is 0.795. The zero-order valence-electron chi connectivity index (χ0n) is 33.8. The second kappa shape index (κ2) is 21.1. The van der Waals surface area contributed by atoms with Crippen molar-refractivity contribution >= 4 is 24.2 Å². The molecule has 16 heteroatoms. The van der Waals surface area contributed by atoms with E-state index < -0.39 is 121 Å². The topological polar surface area (TPSA) is 206 Å². The first-order chi connectivity index (χ1) is 25.8. The van der Waals surface area contributed by atoms with Crippen LogP contribution in [0.5, 0.6) is 0 Å². The normalized spacial score (nSPS) is 42.1. The van der Waals surface area contributed by atoms with Gasteiger partial charge in [-0.2, -0.15) is 0 Å². The number of hydrogen-bond acceptors (Lipinski definition) is 16. The summed E-state index contributed by atoms with van der Waals surface area (Å²) in [4.78, 5) is 51.3. The zero-order chi connectivity index (χ0) is 41.2. The predicted octanol–water partition coefficient (Wildman–Crippen LogP) is 1.99. The number of likely N-dealkylation sites (N-methyl/N-ethyl adjacent to an activating group) is 1. The van der Waals surface area contributed by atoms with Crippen LogP contribution >= 0.6 is 0 Å². The third-order valence-electron chi connectivity index (χ3n) is 10.4. The lowest BCUT2D eigenvalue weighted by molar-refractivity contribution is -0.344. The summed E-state index contributed by atoms with van der Waals surface area (Å²) in [5, 5.41) is 34.3. The van der Waals surface area contributed by atoms with Gasteiger partial charge in [-0.05, 0) is 60.0 Å². The molecule has 0 radical (unpaired) electrons. The highest BCUT2D eigenvalue weighted by atomic mass is 16.7. The number of carbonyl (C=O) groups is 4. The van der Waals surface area contributed by atoms with Crippen LogP contribution in [-0.4, -0.2) is 151 Å². The van der Waals surface area contributed by atoms with E-state index in [0.717, 1.165) is 0 Å². The molecule has 3 heterocycles. The van der Waals surface area contributed by atoms with Gasteiger partial charge in [-0.15, -0.1) is 0 Å². The average molecular weight is 786 g/mol. The van der Waals surface area contributed by atoms with Crippen LogP contribution in [0.3, 0.4) is 0 Å². The molecule has 3 aliphatic rings. The molecule has 0 amide bonds. The van der Waals surface area contributed by atoms with E-state index >= 15 is 0 Å². The minimum atomic E-state index is -1.49. The van der Waals surface area contributed by atoms with Crippen molar-refractivity contribution in [3.63, 3.8) is 0 Å². The number of ether oxygens (including phenoxy) is 8. The summed E-state index contributed by atoms with van der Waals surface area (Å²) in [6.07, 6.45) is -4.26. The monoisotopic (exact) mass is 785 g/mol. The molecular formula is C39H63NO15. The minimum Gasteiger partial charge on any atom is -0.462 e. The van der Waals surface area contributed by atoms with Crippen molar-refractivity contribution in [1.82, 2.24) is 4.90 Å². The largest absolute Gasteiger partial charge is 0.462 e. The first-order valence-electron chi connectivity index (χ1n) is 19.0. The number of cyclic esters (lactones) is 1. The number of allylic oxidation sites excluding steroid dienone is 2. The standard InChI is InChI=1S/C39H63NO15/c1-21-18-27(16-17-41)35(36(48-10)29(52-25(5)42)19-30(45)49-22(2)14-12-11-13-15-28(21)44)55-38-33(46)32(40(8)9)34(23(3)51-38)54-31-20-39(7,47)37(24(4)50-31)53-26(6)43/h11-13,15,17,21-24,27-29,31-38,44,46-47H,14,16,18-20H2,1-10H3/b12-11+,15-13+/t21-,22-,23?,24?,27+,28+,29-,31?,32?,33?,34?,35+,36+,37?,38?,39?/m1/s1. The molecule has 2 saturated heterocycles. The van der Waals surface area contributed by atoms with Gasteiger partial charge in [0.2, 0.25) is 0 Å². The van der Waals surface area contributed by atoms with Gasteiger partial charge in [0.1, 0.15) is 42.4 Å². The number of rotatable bonds is 10. The number of aldehydes is 1. The van der Waals surface area contributed by atoms with E-state index in [1.165, 1.54) is 27.9 Å². The molecule has 16 nitrogen and oxygen atoms in total. The van der Waals surface area contributed by atoms with Crippen LogP contribution in [0.25, 0.3) is 0 Å². The molecule has 314 valence electrons. The fourth-order valence-electron chi connectivity index (χ4n) is 7.73. The van der Waals surface area contributed by atoms with Gasteiger partial charge in [0, 0.05) is 40.2 Å². The van der Waals surface area contributed by atoms with Crippen LogP contribution in [0.15, 0.2) is 24.3 Å². The van der Waals surface area contributed by atoms with E-state index in [1.54, 1.807) is 64.1 Å². The Hall–Kier alpha value is -2.80.